The maximum absolute atomic E-state index is 12.5. The van der Waals surface area contributed by atoms with Gasteiger partial charge in [0, 0.05) is 26.7 Å². The number of piperidine rings is 1. The van der Waals surface area contributed by atoms with Crippen LogP contribution in [0.1, 0.15) is 41.5 Å². The minimum Gasteiger partial charge on any atom is -0.378 e. The van der Waals surface area contributed by atoms with E-state index < -0.39 is 0 Å². The highest BCUT2D eigenvalue weighted by molar-refractivity contribution is 5.92. The molecular formula is C16H24N4O4. The number of hydrogen-bond acceptors (Lipinski definition) is 5. The first-order valence-electron chi connectivity index (χ1n) is 8.41. The standard InChI is InChI=1S/C16H24N4O4/c1-23-11-15(21)20-5-3-2-4-14(20)12-10-13(18-17-12)16(22)19-6-8-24-9-7-19/h10,14H,2-9,11H2,1H3,(H,17,18)/t14-/m1/s1. The van der Waals surface area contributed by atoms with E-state index in [1.807, 2.05) is 4.90 Å². The lowest BCUT2D eigenvalue weighted by Crippen LogP contribution is -2.41. The maximum Gasteiger partial charge on any atom is 0.274 e. The predicted octanol–water partition coefficient (Wildman–Crippen LogP) is 0.582. The number of likely N-dealkylation sites (tertiary alicyclic amines) is 1. The lowest BCUT2D eigenvalue weighted by atomic mass is 9.99. The molecule has 0 unspecified atom stereocenters. The van der Waals surface area contributed by atoms with Crippen LogP contribution in [0.4, 0.5) is 0 Å². The number of methoxy groups -OCH3 is 1. The first-order chi connectivity index (χ1) is 11.7. The molecule has 2 aliphatic heterocycles. The number of aromatic amines is 1. The average molecular weight is 336 g/mol. The van der Waals surface area contributed by atoms with Crippen molar-refractivity contribution in [1.29, 1.82) is 0 Å². The summed E-state index contributed by atoms with van der Waals surface area (Å²) in [6.07, 6.45) is 2.90. The van der Waals surface area contributed by atoms with Crippen molar-refractivity contribution in [2.75, 3.05) is 46.6 Å². The molecule has 0 radical (unpaired) electrons. The van der Waals surface area contributed by atoms with Gasteiger partial charge in [-0.2, -0.15) is 5.10 Å². The van der Waals surface area contributed by atoms with Gasteiger partial charge in [-0.3, -0.25) is 14.7 Å². The zero-order valence-corrected chi connectivity index (χ0v) is 14.0. The van der Waals surface area contributed by atoms with Crippen molar-refractivity contribution in [3.05, 3.63) is 17.5 Å². The second-order valence-corrected chi connectivity index (χ2v) is 6.14. The van der Waals surface area contributed by atoms with Crippen molar-refractivity contribution >= 4 is 11.8 Å². The molecule has 2 fully saturated rings. The lowest BCUT2D eigenvalue weighted by molar-refractivity contribution is -0.139. The number of ether oxygens (including phenoxy) is 2. The number of nitrogens with one attached hydrogen (secondary N) is 1. The Hall–Kier alpha value is -1.93. The Kier molecular flexibility index (Phi) is 5.47. The summed E-state index contributed by atoms with van der Waals surface area (Å²) < 4.78 is 10.2. The van der Waals surface area contributed by atoms with Crippen molar-refractivity contribution in [1.82, 2.24) is 20.0 Å². The summed E-state index contributed by atoms with van der Waals surface area (Å²) in [5.74, 6) is -0.121. The van der Waals surface area contributed by atoms with E-state index in [1.165, 1.54) is 7.11 Å². The summed E-state index contributed by atoms with van der Waals surface area (Å²) in [5, 5.41) is 7.14. The van der Waals surface area contributed by atoms with Crippen LogP contribution in [0.15, 0.2) is 6.07 Å². The first kappa shape index (κ1) is 16.9. The minimum absolute atomic E-state index is 0.0298. The third-order valence-corrected chi connectivity index (χ3v) is 4.57. The molecule has 3 rings (SSSR count). The molecule has 8 nitrogen and oxygen atoms in total. The quantitative estimate of drug-likeness (QED) is 0.869. The number of nitrogens with zero attached hydrogens (tertiary/aromatic N) is 3. The van der Waals surface area contributed by atoms with E-state index in [0.717, 1.165) is 25.0 Å². The van der Waals surface area contributed by atoms with Gasteiger partial charge in [0.05, 0.1) is 24.9 Å². The topological polar surface area (TPSA) is 87.8 Å². The van der Waals surface area contributed by atoms with Crippen LogP contribution >= 0.6 is 0 Å². The third-order valence-electron chi connectivity index (χ3n) is 4.57. The molecule has 0 spiro atoms. The van der Waals surface area contributed by atoms with Gasteiger partial charge in [-0.05, 0) is 25.3 Å². The summed E-state index contributed by atoms with van der Waals surface area (Å²) in [5.41, 5.74) is 1.22. The zero-order chi connectivity index (χ0) is 16.9. The van der Waals surface area contributed by atoms with Crippen LogP contribution in [0.3, 0.4) is 0 Å². The van der Waals surface area contributed by atoms with Crippen LogP contribution in [0.2, 0.25) is 0 Å². The van der Waals surface area contributed by atoms with E-state index in [4.69, 9.17) is 9.47 Å². The Morgan fingerprint density at radius 3 is 2.88 bits per heavy atom. The highest BCUT2D eigenvalue weighted by atomic mass is 16.5. The number of hydrogen-bond donors (Lipinski definition) is 1. The predicted molar refractivity (Wildman–Crippen MR) is 85.5 cm³/mol. The molecule has 3 heterocycles. The molecule has 2 saturated heterocycles. The molecule has 1 aromatic heterocycles. The molecule has 0 bridgehead atoms. The lowest BCUT2D eigenvalue weighted by Gasteiger charge is -2.34. The fraction of sp³-hybridized carbons (Fsp3) is 0.688. The van der Waals surface area contributed by atoms with Gasteiger partial charge in [0.15, 0.2) is 0 Å². The molecule has 0 aromatic carbocycles. The fourth-order valence-electron chi connectivity index (χ4n) is 3.31. The number of morpholine rings is 1. The maximum atomic E-state index is 12.5. The Labute approximate surface area is 141 Å². The van der Waals surface area contributed by atoms with Gasteiger partial charge in [0.2, 0.25) is 5.91 Å². The Morgan fingerprint density at radius 1 is 1.33 bits per heavy atom. The zero-order valence-electron chi connectivity index (χ0n) is 14.0. The number of amides is 2. The second-order valence-electron chi connectivity index (χ2n) is 6.14. The van der Waals surface area contributed by atoms with Crippen LogP contribution in [-0.4, -0.2) is 78.4 Å². The molecule has 1 aromatic rings. The van der Waals surface area contributed by atoms with Gasteiger partial charge in [-0.1, -0.05) is 0 Å². The number of H-pyrrole nitrogens is 1. The molecule has 8 heteroatoms. The Bertz CT molecular complexity index is 582. The monoisotopic (exact) mass is 336 g/mol. The first-order valence-corrected chi connectivity index (χ1v) is 8.41. The molecule has 2 aliphatic rings. The summed E-state index contributed by atoms with van der Waals surface area (Å²) in [4.78, 5) is 28.3. The molecule has 1 N–H and O–H groups in total. The minimum atomic E-state index is -0.0913. The van der Waals surface area contributed by atoms with Crippen LogP contribution in [0, 0.1) is 0 Å². The average Bonchev–Trinajstić information content (AvgIpc) is 3.12. The summed E-state index contributed by atoms with van der Waals surface area (Å²) in [6, 6.07) is 1.71. The van der Waals surface area contributed by atoms with E-state index in [9.17, 15) is 9.59 Å². The van der Waals surface area contributed by atoms with E-state index in [0.29, 0.717) is 38.5 Å². The van der Waals surface area contributed by atoms with Gasteiger partial charge in [0.1, 0.15) is 12.3 Å². The van der Waals surface area contributed by atoms with Crippen molar-refractivity contribution in [2.24, 2.45) is 0 Å². The van der Waals surface area contributed by atoms with Crippen molar-refractivity contribution in [3.63, 3.8) is 0 Å². The Balaban J connectivity index is 1.73. The fourth-order valence-corrected chi connectivity index (χ4v) is 3.31. The van der Waals surface area contributed by atoms with Crippen molar-refractivity contribution < 1.29 is 19.1 Å². The van der Waals surface area contributed by atoms with Gasteiger partial charge in [-0.25, -0.2) is 0 Å². The van der Waals surface area contributed by atoms with Crippen molar-refractivity contribution in [3.8, 4) is 0 Å². The summed E-state index contributed by atoms with van der Waals surface area (Å²) in [6.45, 7) is 3.07. The molecule has 24 heavy (non-hydrogen) atoms. The summed E-state index contributed by atoms with van der Waals surface area (Å²) >= 11 is 0. The molecular weight excluding hydrogens is 312 g/mol. The van der Waals surface area contributed by atoms with E-state index >= 15 is 0 Å². The molecule has 2 amide bonds. The third kappa shape index (κ3) is 3.59. The number of aromatic nitrogens is 2. The Morgan fingerprint density at radius 2 is 2.12 bits per heavy atom. The number of rotatable bonds is 4. The molecule has 1 atom stereocenters. The highest BCUT2D eigenvalue weighted by Gasteiger charge is 2.30. The SMILES string of the molecule is COCC(=O)N1CCCC[C@@H]1c1cc(C(=O)N2CCOCC2)n[nH]1. The normalized spacial score (nSPS) is 21.8. The van der Waals surface area contributed by atoms with Gasteiger partial charge < -0.3 is 19.3 Å². The van der Waals surface area contributed by atoms with Gasteiger partial charge in [0.25, 0.3) is 5.91 Å². The van der Waals surface area contributed by atoms with E-state index in [-0.39, 0.29) is 24.5 Å². The van der Waals surface area contributed by atoms with E-state index in [1.54, 1.807) is 11.0 Å². The smallest absolute Gasteiger partial charge is 0.274 e. The molecule has 0 saturated carbocycles. The molecule has 132 valence electrons. The van der Waals surface area contributed by atoms with Crippen LogP contribution in [0.25, 0.3) is 0 Å². The van der Waals surface area contributed by atoms with Crippen LogP contribution in [0.5, 0.6) is 0 Å². The van der Waals surface area contributed by atoms with Gasteiger partial charge in [-0.15, -0.1) is 0 Å². The summed E-state index contributed by atoms with van der Waals surface area (Å²) in [7, 11) is 1.52. The second kappa shape index (κ2) is 7.76. The van der Waals surface area contributed by atoms with Gasteiger partial charge >= 0.3 is 0 Å². The van der Waals surface area contributed by atoms with E-state index in [2.05, 4.69) is 10.2 Å². The number of carbonyl (C=O) groups is 2. The highest BCUT2D eigenvalue weighted by Crippen LogP contribution is 2.30. The van der Waals surface area contributed by atoms with Crippen LogP contribution in [-0.2, 0) is 14.3 Å². The van der Waals surface area contributed by atoms with Crippen molar-refractivity contribution in [2.45, 2.75) is 25.3 Å². The molecule has 0 aliphatic carbocycles. The largest absolute Gasteiger partial charge is 0.378 e. The number of carbonyl (C=O) groups excluding carboxylic acids is 2. The van der Waals surface area contributed by atoms with Crippen LogP contribution < -0.4 is 0 Å².